The molecule has 10 unspecified atom stereocenters. The maximum atomic E-state index is 13.3. The van der Waals surface area contributed by atoms with Crippen LogP contribution in [0.2, 0.25) is 0 Å². The fourth-order valence-corrected chi connectivity index (χ4v) is 8.39. The molecule has 0 spiro atoms. The van der Waals surface area contributed by atoms with E-state index in [-0.39, 0.29) is 37.4 Å². The van der Waals surface area contributed by atoms with Gasteiger partial charge in [0.1, 0.15) is 24.1 Å². The summed E-state index contributed by atoms with van der Waals surface area (Å²) in [4.78, 5) is 75.6. The lowest BCUT2D eigenvalue weighted by Gasteiger charge is -2.69. The molecule has 10 atom stereocenters. The van der Waals surface area contributed by atoms with Crippen LogP contribution in [0.3, 0.4) is 0 Å². The number of carbonyl (C=O) groups excluding carboxylic acids is 6. The minimum absolute atomic E-state index is 0.115. The van der Waals surface area contributed by atoms with Crippen molar-refractivity contribution in [3.63, 3.8) is 0 Å². The van der Waals surface area contributed by atoms with E-state index in [1.54, 1.807) is 0 Å². The maximum Gasteiger partial charge on any atom is 0.306 e. The van der Waals surface area contributed by atoms with Gasteiger partial charge in [0.05, 0.1) is 20.0 Å². The SMILES string of the molecule is COC(=O)CC12C3CC4C(C)C(OC(C)=O)C(OC(C)=O)C(OC(C)=O)C4(C)C1CCC(=O)C2CC(=O)O3. The second kappa shape index (κ2) is 9.96. The Labute approximate surface area is 221 Å². The van der Waals surface area contributed by atoms with Crippen molar-refractivity contribution in [2.45, 2.75) is 91.1 Å². The molecule has 1 heterocycles. The molecular formula is C27H36O11. The van der Waals surface area contributed by atoms with E-state index in [9.17, 15) is 28.8 Å². The Kier molecular flexibility index (Phi) is 7.35. The summed E-state index contributed by atoms with van der Waals surface area (Å²) in [5, 5.41) is 0. The Morgan fingerprint density at radius 3 is 2.16 bits per heavy atom. The number of Topliss-reactive ketones (excluding diaryl/α,β-unsaturated/α-hetero) is 1. The second-order valence-electron chi connectivity index (χ2n) is 11.4. The standard InChI is InChI=1S/C27H36O11/c1-12-16-9-20-27(11-22(33)34-6)17(10-21(32)38-20)18(31)7-8-19(27)26(16,5)25(37-15(4)30)24(36-14(3)29)23(12)35-13(2)28/h12,16-17,19-20,23-25H,7-11H2,1-6H3. The van der Waals surface area contributed by atoms with Crippen LogP contribution in [0.4, 0.5) is 0 Å². The van der Waals surface area contributed by atoms with Gasteiger partial charge in [-0.1, -0.05) is 13.8 Å². The molecule has 11 nitrogen and oxygen atoms in total. The van der Waals surface area contributed by atoms with Crippen molar-refractivity contribution < 1.29 is 52.5 Å². The third-order valence-corrected chi connectivity index (χ3v) is 9.59. The summed E-state index contributed by atoms with van der Waals surface area (Å²) >= 11 is 0. The first-order valence-electron chi connectivity index (χ1n) is 13.1. The van der Waals surface area contributed by atoms with Crippen LogP contribution in [-0.4, -0.2) is 67.2 Å². The number of ketones is 1. The summed E-state index contributed by atoms with van der Waals surface area (Å²) in [6.07, 6.45) is -3.43. The van der Waals surface area contributed by atoms with Crippen molar-refractivity contribution in [2.75, 3.05) is 7.11 Å². The van der Waals surface area contributed by atoms with Gasteiger partial charge in [-0.25, -0.2) is 0 Å². The third kappa shape index (κ3) is 4.27. The Balaban J connectivity index is 1.95. The molecule has 0 bridgehead atoms. The molecule has 0 aromatic heterocycles. The van der Waals surface area contributed by atoms with Crippen LogP contribution in [0, 0.1) is 34.5 Å². The number of carbonyl (C=O) groups is 6. The Morgan fingerprint density at radius 2 is 1.58 bits per heavy atom. The van der Waals surface area contributed by atoms with Gasteiger partial charge in [-0.15, -0.1) is 0 Å². The zero-order chi connectivity index (χ0) is 28.2. The van der Waals surface area contributed by atoms with Crippen LogP contribution in [0.25, 0.3) is 0 Å². The molecule has 0 amide bonds. The van der Waals surface area contributed by atoms with E-state index in [0.717, 1.165) is 0 Å². The van der Waals surface area contributed by atoms with Gasteiger partial charge < -0.3 is 23.7 Å². The first-order chi connectivity index (χ1) is 17.8. The smallest absolute Gasteiger partial charge is 0.306 e. The van der Waals surface area contributed by atoms with E-state index < -0.39 is 82.8 Å². The fraction of sp³-hybridized carbons (Fsp3) is 0.778. The zero-order valence-corrected chi connectivity index (χ0v) is 22.6. The van der Waals surface area contributed by atoms with Gasteiger partial charge in [0.2, 0.25) is 0 Å². The van der Waals surface area contributed by atoms with Crippen LogP contribution < -0.4 is 0 Å². The molecule has 0 aromatic rings. The molecule has 4 aliphatic rings. The highest BCUT2D eigenvalue weighted by atomic mass is 16.6. The molecule has 0 N–H and O–H groups in total. The summed E-state index contributed by atoms with van der Waals surface area (Å²) in [6.45, 7) is 7.49. The molecule has 4 fully saturated rings. The number of rotatable bonds is 5. The Morgan fingerprint density at radius 1 is 0.974 bits per heavy atom. The second-order valence-corrected chi connectivity index (χ2v) is 11.4. The summed E-state index contributed by atoms with van der Waals surface area (Å²) in [6, 6.07) is 0. The van der Waals surface area contributed by atoms with Crippen molar-refractivity contribution >= 4 is 35.6 Å². The number of fused-ring (bicyclic) bond motifs is 2. The van der Waals surface area contributed by atoms with E-state index in [0.29, 0.717) is 6.42 Å². The number of hydrogen-bond donors (Lipinski definition) is 0. The molecule has 3 aliphatic carbocycles. The predicted molar refractivity (Wildman–Crippen MR) is 127 cm³/mol. The highest BCUT2D eigenvalue weighted by Crippen LogP contribution is 2.69. The molecule has 210 valence electrons. The third-order valence-electron chi connectivity index (χ3n) is 9.59. The molecular weight excluding hydrogens is 500 g/mol. The predicted octanol–water partition coefficient (Wildman–Crippen LogP) is 1.92. The van der Waals surface area contributed by atoms with E-state index in [4.69, 9.17) is 23.7 Å². The minimum atomic E-state index is -1.12. The van der Waals surface area contributed by atoms with Gasteiger partial charge in [-0.3, -0.25) is 28.8 Å². The number of methoxy groups -OCH3 is 1. The van der Waals surface area contributed by atoms with Crippen molar-refractivity contribution in [1.82, 2.24) is 0 Å². The lowest BCUT2D eigenvalue weighted by molar-refractivity contribution is -0.293. The van der Waals surface area contributed by atoms with E-state index in [1.807, 2.05) is 13.8 Å². The Hall–Kier alpha value is -2.98. The van der Waals surface area contributed by atoms with Crippen LogP contribution in [0.5, 0.6) is 0 Å². The van der Waals surface area contributed by atoms with Crippen LogP contribution in [0.1, 0.15) is 66.7 Å². The molecule has 3 saturated carbocycles. The summed E-state index contributed by atoms with van der Waals surface area (Å²) in [5.74, 6) is -4.98. The van der Waals surface area contributed by atoms with Crippen molar-refractivity contribution in [3.8, 4) is 0 Å². The van der Waals surface area contributed by atoms with Gasteiger partial charge in [0, 0.05) is 49.9 Å². The Bertz CT molecular complexity index is 1050. The average molecular weight is 537 g/mol. The van der Waals surface area contributed by atoms with Gasteiger partial charge in [0.25, 0.3) is 0 Å². The van der Waals surface area contributed by atoms with Gasteiger partial charge in [-0.2, -0.15) is 0 Å². The quantitative estimate of drug-likeness (QED) is 0.375. The normalized spacial score (nSPS) is 41.5. The lowest BCUT2D eigenvalue weighted by Crippen LogP contribution is -2.74. The van der Waals surface area contributed by atoms with Gasteiger partial charge in [-0.05, 0) is 24.7 Å². The average Bonchev–Trinajstić information content (AvgIpc) is 2.81. The van der Waals surface area contributed by atoms with Crippen LogP contribution >= 0.6 is 0 Å². The highest BCUT2D eigenvalue weighted by Gasteiger charge is 2.74. The molecule has 38 heavy (non-hydrogen) atoms. The zero-order valence-electron chi connectivity index (χ0n) is 22.6. The lowest BCUT2D eigenvalue weighted by atomic mass is 9.37. The fourth-order valence-electron chi connectivity index (χ4n) is 8.39. The van der Waals surface area contributed by atoms with Crippen LogP contribution in [-0.2, 0) is 52.5 Å². The first kappa shape index (κ1) is 28.0. The van der Waals surface area contributed by atoms with Gasteiger partial charge >= 0.3 is 29.8 Å². The maximum absolute atomic E-state index is 13.3. The largest absolute Gasteiger partial charge is 0.469 e. The summed E-state index contributed by atoms with van der Waals surface area (Å²) in [7, 11) is 1.26. The summed E-state index contributed by atoms with van der Waals surface area (Å²) < 4.78 is 28.2. The van der Waals surface area contributed by atoms with E-state index in [2.05, 4.69) is 0 Å². The molecule has 1 aliphatic heterocycles. The minimum Gasteiger partial charge on any atom is -0.469 e. The van der Waals surface area contributed by atoms with Gasteiger partial charge in [0.15, 0.2) is 6.10 Å². The monoisotopic (exact) mass is 536 g/mol. The molecule has 1 saturated heterocycles. The van der Waals surface area contributed by atoms with Crippen molar-refractivity contribution in [2.24, 2.45) is 34.5 Å². The van der Waals surface area contributed by atoms with Crippen LogP contribution in [0.15, 0.2) is 0 Å². The number of esters is 5. The first-order valence-corrected chi connectivity index (χ1v) is 13.1. The molecule has 0 aromatic carbocycles. The number of ether oxygens (including phenoxy) is 5. The molecule has 11 heteroatoms. The topological polar surface area (TPSA) is 149 Å². The summed E-state index contributed by atoms with van der Waals surface area (Å²) in [5.41, 5.74) is -2.02. The highest BCUT2D eigenvalue weighted by molar-refractivity contribution is 5.89. The molecule has 0 radical (unpaired) electrons. The number of hydrogen-bond acceptors (Lipinski definition) is 11. The van der Waals surface area contributed by atoms with E-state index >= 15 is 0 Å². The molecule has 4 rings (SSSR count). The van der Waals surface area contributed by atoms with Crippen molar-refractivity contribution in [3.05, 3.63) is 0 Å². The van der Waals surface area contributed by atoms with Crippen molar-refractivity contribution in [1.29, 1.82) is 0 Å². The van der Waals surface area contributed by atoms with E-state index in [1.165, 1.54) is 27.9 Å².